The van der Waals surface area contributed by atoms with Crippen LogP contribution in [0.25, 0.3) is 0 Å². The van der Waals surface area contributed by atoms with Crippen LogP contribution in [0, 0.1) is 0 Å². The molecule has 18 heavy (non-hydrogen) atoms. The van der Waals surface area contributed by atoms with Gasteiger partial charge in [0.05, 0.1) is 18.0 Å². The highest BCUT2D eigenvalue weighted by molar-refractivity contribution is 8.00. The van der Waals surface area contributed by atoms with E-state index in [1.54, 1.807) is 11.8 Å². The SMILES string of the molecule is CC1CN(C(=O)CSc2ccccc2)CC(C)O1. The third-order valence-corrected chi connectivity index (χ3v) is 3.87. The van der Waals surface area contributed by atoms with E-state index >= 15 is 0 Å². The minimum atomic E-state index is 0.138. The minimum absolute atomic E-state index is 0.138. The lowest BCUT2D eigenvalue weighted by atomic mass is 10.2. The van der Waals surface area contributed by atoms with E-state index in [9.17, 15) is 4.79 Å². The van der Waals surface area contributed by atoms with Gasteiger partial charge in [-0.25, -0.2) is 0 Å². The highest BCUT2D eigenvalue weighted by Gasteiger charge is 2.25. The summed E-state index contributed by atoms with van der Waals surface area (Å²) in [5, 5.41) is 0. The van der Waals surface area contributed by atoms with Gasteiger partial charge >= 0.3 is 0 Å². The Bertz CT molecular complexity index is 386. The van der Waals surface area contributed by atoms with Crippen molar-refractivity contribution in [3.05, 3.63) is 30.3 Å². The van der Waals surface area contributed by atoms with E-state index in [0.29, 0.717) is 18.8 Å². The van der Waals surface area contributed by atoms with E-state index in [0.717, 1.165) is 4.90 Å². The molecule has 3 nitrogen and oxygen atoms in total. The normalized spacial score (nSPS) is 24.0. The Balaban J connectivity index is 1.84. The summed E-state index contributed by atoms with van der Waals surface area (Å²) >= 11 is 1.59. The summed E-state index contributed by atoms with van der Waals surface area (Å²) in [6.45, 7) is 5.44. The van der Waals surface area contributed by atoms with E-state index in [2.05, 4.69) is 0 Å². The molecular weight excluding hydrogens is 246 g/mol. The van der Waals surface area contributed by atoms with Gasteiger partial charge in [-0.1, -0.05) is 18.2 Å². The number of carbonyl (C=O) groups is 1. The van der Waals surface area contributed by atoms with Crippen molar-refractivity contribution in [2.45, 2.75) is 31.0 Å². The van der Waals surface area contributed by atoms with Crippen molar-refractivity contribution < 1.29 is 9.53 Å². The van der Waals surface area contributed by atoms with Crippen LogP contribution in [-0.2, 0) is 9.53 Å². The van der Waals surface area contributed by atoms with Crippen molar-refractivity contribution >= 4 is 17.7 Å². The Morgan fingerprint density at radius 3 is 2.50 bits per heavy atom. The van der Waals surface area contributed by atoms with Crippen LogP contribution >= 0.6 is 11.8 Å². The maximum absolute atomic E-state index is 12.1. The van der Waals surface area contributed by atoms with Crippen molar-refractivity contribution in [3.8, 4) is 0 Å². The molecule has 0 saturated carbocycles. The van der Waals surface area contributed by atoms with Gasteiger partial charge in [-0.15, -0.1) is 11.8 Å². The van der Waals surface area contributed by atoms with Gasteiger partial charge in [0, 0.05) is 18.0 Å². The molecule has 0 spiro atoms. The van der Waals surface area contributed by atoms with Crippen LogP contribution in [0.4, 0.5) is 0 Å². The molecule has 0 radical (unpaired) electrons. The summed E-state index contributed by atoms with van der Waals surface area (Å²) in [5.41, 5.74) is 0. The van der Waals surface area contributed by atoms with Crippen LogP contribution in [-0.4, -0.2) is 41.9 Å². The van der Waals surface area contributed by atoms with E-state index in [-0.39, 0.29) is 18.1 Å². The lowest BCUT2D eigenvalue weighted by molar-refractivity contribution is -0.140. The van der Waals surface area contributed by atoms with Gasteiger partial charge in [0.1, 0.15) is 0 Å². The van der Waals surface area contributed by atoms with Gasteiger partial charge in [-0.2, -0.15) is 0 Å². The van der Waals surface area contributed by atoms with Crippen molar-refractivity contribution in [1.82, 2.24) is 4.90 Å². The Morgan fingerprint density at radius 1 is 1.28 bits per heavy atom. The first-order valence-corrected chi connectivity index (χ1v) is 7.25. The highest BCUT2D eigenvalue weighted by Crippen LogP contribution is 2.19. The van der Waals surface area contributed by atoms with E-state index < -0.39 is 0 Å². The zero-order chi connectivity index (χ0) is 13.0. The van der Waals surface area contributed by atoms with E-state index in [1.165, 1.54) is 0 Å². The number of morpholine rings is 1. The first-order valence-electron chi connectivity index (χ1n) is 6.26. The Hall–Kier alpha value is -1.00. The van der Waals surface area contributed by atoms with Crippen molar-refractivity contribution in [1.29, 1.82) is 0 Å². The van der Waals surface area contributed by atoms with Gasteiger partial charge in [-0.05, 0) is 26.0 Å². The number of carbonyl (C=O) groups excluding carboxylic acids is 1. The van der Waals surface area contributed by atoms with Crippen molar-refractivity contribution in [2.24, 2.45) is 0 Å². The summed E-state index contributed by atoms with van der Waals surface area (Å²) in [6, 6.07) is 10.0. The Kier molecular flexibility index (Phi) is 4.66. The Morgan fingerprint density at radius 2 is 1.89 bits per heavy atom. The second kappa shape index (κ2) is 6.25. The average Bonchev–Trinajstić information content (AvgIpc) is 2.36. The summed E-state index contributed by atoms with van der Waals surface area (Å²) in [7, 11) is 0. The van der Waals surface area contributed by atoms with Crippen LogP contribution in [0.1, 0.15) is 13.8 Å². The molecule has 4 heteroatoms. The predicted octanol–water partition coefficient (Wildman–Crippen LogP) is 2.41. The second-order valence-electron chi connectivity index (χ2n) is 4.66. The monoisotopic (exact) mass is 265 g/mol. The topological polar surface area (TPSA) is 29.5 Å². The van der Waals surface area contributed by atoms with Gasteiger partial charge in [0.2, 0.25) is 5.91 Å². The van der Waals surface area contributed by atoms with Crippen molar-refractivity contribution in [3.63, 3.8) is 0 Å². The molecule has 1 aromatic carbocycles. The molecule has 1 aromatic rings. The number of hydrogen-bond donors (Lipinski definition) is 0. The molecule has 2 atom stereocenters. The van der Waals surface area contributed by atoms with Crippen molar-refractivity contribution in [2.75, 3.05) is 18.8 Å². The number of amides is 1. The third kappa shape index (κ3) is 3.75. The molecule has 2 rings (SSSR count). The van der Waals surface area contributed by atoms with Gasteiger partial charge < -0.3 is 9.64 Å². The summed E-state index contributed by atoms with van der Waals surface area (Å²) in [4.78, 5) is 15.2. The maximum atomic E-state index is 12.1. The number of rotatable bonds is 3. The van der Waals surface area contributed by atoms with Gasteiger partial charge in [-0.3, -0.25) is 4.79 Å². The minimum Gasteiger partial charge on any atom is -0.372 e. The second-order valence-corrected chi connectivity index (χ2v) is 5.71. The van der Waals surface area contributed by atoms with Crippen LogP contribution in [0.15, 0.2) is 35.2 Å². The summed E-state index contributed by atoms with van der Waals surface area (Å²) in [5.74, 6) is 0.703. The zero-order valence-corrected chi connectivity index (χ0v) is 11.7. The fraction of sp³-hybridized carbons (Fsp3) is 0.500. The molecule has 98 valence electrons. The lowest BCUT2D eigenvalue weighted by Gasteiger charge is -2.35. The van der Waals surface area contributed by atoms with E-state index in [4.69, 9.17) is 4.74 Å². The van der Waals surface area contributed by atoms with Crippen LogP contribution < -0.4 is 0 Å². The maximum Gasteiger partial charge on any atom is 0.233 e. The zero-order valence-electron chi connectivity index (χ0n) is 10.8. The largest absolute Gasteiger partial charge is 0.372 e. The third-order valence-electron chi connectivity index (χ3n) is 2.88. The quantitative estimate of drug-likeness (QED) is 0.786. The molecule has 1 saturated heterocycles. The molecule has 1 fully saturated rings. The van der Waals surface area contributed by atoms with Gasteiger partial charge in [0.25, 0.3) is 0 Å². The number of benzene rings is 1. The molecule has 1 aliphatic rings. The fourth-order valence-electron chi connectivity index (χ4n) is 2.13. The van der Waals surface area contributed by atoms with Gasteiger partial charge in [0.15, 0.2) is 0 Å². The standard InChI is InChI=1S/C14H19NO2S/c1-11-8-15(9-12(2)17-11)14(16)10-18-13-6-4-3-5-7-13/h3-7,11-12H,8-10H2,1-2H3. The summed E-state index contributed by atoms with van der Waals surface area (Å²) < 4.78 is 5.63. The summed E-state index contributed by atoms with van der Waals surface area (Å²) in [6.07, 6.45) is 0.277. The molecule has 1 aliphatic heterocycles. The first-order chi connectivity index (χ1) is 8.65. The van der Waals surface area contributed by atoms with E-state index in [1.807, 2.05) is 49.1 Å². The molecule has 1 heterocycles. The first kappa shape index (κ1) is 13.4. The number of ether oxygens (including phenoxy) is 1. The number of hydrogen-bond acceptors (Lipinski definition) is 3. The molecule has 0 bridgehead atoms. The van der Waals surface area contributed by atoms with Crippen LogP contribution in [0.5, 0.6) is 0 Å². The van der Waals surface area contributed by atoms with Crippen LogP contribution in [0.2, 0.25) is 0 Å². The molecule has 0 N–H and O–H groups in total. The average molecular weight is 265 g/mol. The Labute approximate surface area is 113 Å². The molecule has 0 aromatic heterocycles. The molecule has 0 aliphatic carbocycles. The smallest absolute Gasteiger partial charge is 0.233 e. The molecule has 1 amide bonds. The lowest BCUT2D eigenvalue weighted by Crippen LogP contribution is -2.48. The van der Waals surface area contributed by atoms with Crippen LogP contribution in [0.3, 0.4) is 0 Å². The molecule has 2 unspecified atom stereocenters. The fourth-order valence-corrected chi connectivity index (χ4v) is 2.96. The predicted molar refractivity (Wildman–Crippen MR) is 73.8 cm³/mol. The number of nitrogens with zero attached hydrogens (tertiary/aromatic N) is 1. The number of thioether (sulfide) groups is 1. The molecular formula is C14H19NO2S. The highest BCUT2D eigenvalue weighted by atomic mass is 32.2.